The topological polar surface area (TPSA) is 59.1 Å². The lowest BCUT2D eigenvalue weighted by atomic mass is 10.0. The fourth-order valence-corrected chi connectivity index (χ4v) is 1.38. The summed E-state index contributed by atoms with van der Waals surface area (Å²) >= 11 is 0. The molecule has 0 saturated carbocycles. The van der Waals surface area contributed by atoms with Crippen LogP contribution in [0.1, 0.15) is 0 Å². The van der Waals surface area contributed by atoms with Crippen molar-refractivity contribution < 1.29 is 5.11 Å². The molecule has 0 aliphatic carbocycles. The molecule has 1 aromatic heterocycles. The quantitative estimate of drug-likeness (QED) is 0.729. The number of nitrogens with two attached hydrogens (primary N) is 1. The zero-order valence-corrected chi connectivity index (χ0v) is 8.74. The van der Waals surface area contributed by atoms with Gasteiger partial charge in [0.2, 0.25) is 0 Å². The van der Waals surface area contributed by atoms with Gasteiger partial charge in [-0.3, -0.25) is 4.98 Å². The predicted octanol–water partition coefficient (Wildman–Crippen LogP) is 2.46. The van der Waals surface area contributed by atoms with Crippen molar-refractivity contribution >= 4 is 18.1 Å². The van der Waals surface area contributed by atoms with Crippen molar-refractivity contribution in [3.63, 3.8) is 0 Å². The second-order valence-electron chi connectivity index (χ2n) is 2.98. The van der Waals surface area contributed by atoms with E-state index in [0.717, 1.165) is 5.56 Å². The summed E-state index contributed by atoms with van der Waals surface area (Å²) in [6, 6.07) is 8.74. The molecule has 0 bridgehead atoms. The van der Waals surface area contributed by atoms with Crippen LogP contribution in [0.3, 0.4) is 0 Å². The number of benzene rings is 1. The number of hydrogen-bond donors (Lipinski definition) is 2. The Balaban J connectivity index is 0.00000112. The molecule has 0 amide bonds. The third-order valence-electron chi connectivity index (χ3n) is 2.02. The van der Waals surface area contributed by atoms with Crippen LogP contribution in [-0.4, -0.2) is 10.1 Å². The van der Waals surface area contributed by atoms with Gasteiger partial charge in [-0.05, 0) is 18.2 Å². The van der Waals surface area contributed by atoms with Crippen molar-refractivity contribution in [1.82, 2.24) is 4.98 Å². The fourth-order valence-electron chi connectivity index (χ4n) is 1.38. The number of halogens is 1. The predicted molar refractivity (Wildman–Crippen MR) is 63.0 cm³/mol. The molecule has 15 heavy (non-hydrogen) atoms. The molecule has 0 aliphatic rings. The monoisotopic (exact) mass is 222 g/mol. The first-order chi connectivity index (χ1) is 6.79. The summed E-state index contributed by atoms with van der Waals surface area (Å²) in [5.74, 6) is 0.179. The number of rotatable bonds is 1. The highest BCUT2D eigenvalue weighted by Crippen LogP contribution is 2.33. The van der Waals surface area contributed by atoms with E-state index in [-0.39, 0.29) is 18.2 Å². The molecule has 0 radical (unpaired) electrons. The number of aromatic hydroxyl groups is 1. The van der Waals surface area contributed by atoms with Gasteiger partial charge < -0.3 is 10.8 Å². The van der Waals surface area contributed by atoms with Gasteiger partial charge in [-0.2, -0.15) is 0 Å². The van der Waals surface area contributed by atoms with Crippen molar-refractivity contribution in [2.45, 2.75) is 0 Å². The standard InChI is InChI=1S/C11H10N2O.ClH/c12-9-4-1-5-10(14)11(9)8-3-2-6-13-7-8;/h1-7,14H,12H2;1H. The van der Waals surface area contributed by atoms with Crippen molar-refractivity contribution in [1.29, 1.82) is 0 Å². The molecule has 1 heterocycles. The molecular formula is C11H11ClN2O. The summed E-state index contributed by atoms with van der Waals surface area (Å²) in [5.41, 5.74) is 7.78. The van der Waals surface area contributed by atoms with Gasteiger partial charge in [-0.1, -0.05) is 12.1 Å². The molecule has 78 valence electrons. The molecule has 0 saturated heterocycles. The second-order valence-corrected chi connectivity index (χ2v) is 2.98. The van der Waals surface area contributed by atoms with E-state index < -0.39 is 0 Å². The molecular weight excluding hydrogens is 212 g/mol. The van der Waals surface area contributed by atoms with Crippen LogP contribution in [0.2, 0.25) is 0 Å². The lowest BCUT2D eigenvalue weighted by Gasteiger charge is -2.06. The van der Waals surface area contributed by atoms with E-state index in [1.165, 1.54) is 0 Å². The van der Waals surface area contributed by atoms with Crippen molar-refractivity contribution in [3.05, 3.63) is 42.7 Å². The molecule has 0 spiro atoms. The van der Waals surface area contributed by atoms with Crippen LogP contribution in [0.5, 0.6) is 5.75 Å². The molecule has 2 rings (SSSR count). The van der Waals surface area contributed by atoms with Crippen LogP contribution in [-0.2, 0) is 0 Å². The van der Waals surface area contributed by atoms with Crippen LogP contribution < -0.4 is 5.73 Å². The van der Waals surface area contributed by atoms with Crippen LogP contribution >= 0.6 is 12.4 Å². The van der Waals surface area contributed by atoms with Gasteiger partial charge >= 0.3 is 0 Å². The number of phenols is 1. The highest BCUT2D eigenvalue weighted by Gasteiger charge is 2.06. The largest absolute Gasteiger partial charge is 0.507 e. The van der Waals surface area contributed by atoms with E-state index in [4.69, 9.17) is 5.73 Å². The molecule has 3 nitrogen and oxygen atoms in total. The lowest BCUT2D eigenvalue weighted by molar-refractivity contribution is 0.477. The number of phenolic OH excluding ortho intramolecular Hbond substituents is 1. The summed E-state index contributed by atoms with van der Waals surface area (Å²) in [6.45, 7) is 0. The minimum Gasteiger partial charge on any atom is -0.507 e. The van der Waals surface area contributed by atoms with Gasteiger partial charge in [0.05, 0.1) is 0 Å². The Hall–Kier alpha value is -1.74. The lowest BCUT2D eigenvalue weighted by Crippen LogP contribution is -1.90. The van der Waals surface area contributed by atoms with Gasteiger partial charge in [-0.15, -0.1) is 12.4 Å². The maximum absolute atomic E-state index is 9.64. The molecule has 0 fully saturated rings. The average Bonchev–Trinajstić information content (AvgIpc) is 2.19. The maximum Gasteiger partial charge on any atom is 0.125 e. The number of pyridine rings is 1. The van der Waals surface area contributed by atoms with E-state index in [1.807, 2.05) is 6.07 Å². The van der Waals surface area contributed by atoms with Crippen LogP contribution in [0.15, 0.2) is 42.7 Å². The van der Waals surface area contributed by atoms with Gasteiger partial charge in [0.15, 0.2) is 0 Å². The first-order valence-electron chi connectivity index (χ1n) is 4.27. The zero-order chi connectivity index (χ0) is 9.97. The highest BCUT2D eigenvalue weighted by molar-refractivity contribution is 5.85. The van der Waals surface area contributed by atoms with Crippen molar-refractivity contribution in [3.8, 4) is 16.9 Å². The minimum absolute atomic E-state index is 0. The van der Waals surface area contributed by atoms with Crippen LogP contribution in [0.25, 0.3) is 11.1 Å². The third kappa shape index (κ3) is 2.19. The Labute approximate surface area is 94.0 Å². The normalized spacial score (nSPS) is 9.33. The summed E-state index contributed by atoms with van der Waals surface area (Å²) in [6.07, 6.45) is 3.35. The van der Waals surface area contributed by atoms with Crippen LogP contribution in [0.4, 0.5) is 5.69 Å². The Morgan fingerprint density at radius 1 is 1.13 bits per heavy atom. The molecule has 3 N–H and O–H groups in total. The Bertz CT molecular complexity index is 425. The van der Waals surface area contributed by atoms with E-state index in [9.17, 15) is 5.11 Å². The SMILES string of the molecule is Cl.Nc1cccc(O)c1-c1cccnc1. The van der Waals surface area contributed by atoms with E-state index in [0.29, 0.717) is 11.3 Å². The van der Waals surface area contributed by atoms with Gasteiger partial charge in [-0.25, -0.2) is 0 Å². The number of hydrogen-bond acceptors (Lipinski definition) is 3. The number of aromatic nitrogens is 1. The summed E-state index contributed by atoms with van der Waals surface area (Å²) < 4.78 is 0. The molecule has 0 atom stereocenters. The number of nitrogen functional groups attached to an aromatic ring is 1. The Kier molecular flexibility index (Phi) is 3.52. The second kappa shape index (κ2) is 4.66. The van der Waals surface area contributed by atoms with E-state index >= 15 is 0 Å². The van der Waals surface area contributed by atoms with Gasteiger partial charge in [0, 0.05) is 29.2 Å². The number of anilines is 1. The van der Waals surface area contributed by atoms with E-state index in [1.54, 1.807) is 36.7 Å². The highest BCUT2D eigenvalue weighted by atomic mass is 35.5. The van der Waals surface area contributed by atoms with Gasteiger partial charge in [0.25, 0.3) is 0 Å². The number of nitrogens with zero attached hydrogens (tertiary/aromatic N) is 1. The molecule has 0 aliphatic heterocycles. The summed E-state index contributed by atoms with van der Waals surface area (Å²) in [7, 11) is 0. The smallest absolute Gasteiger partial charge is 0.125 e. The maximum atomic E-state index is 9.64. The van der Waals surface area contributed by atoms with Crippen molar-refractivity contribution in [2.75, 3.05) is 5.73 Å². The Morgan fingerprint density at radius 3 is 2.53 bits per heavy atom. The molecule has 0 unspecified atom stereocenters. The fraction of sp³-hybridized carbons (Fsp3) is 0. The first kappa shape index (κ1) is 11.3. The summed E-state index contributed by atoms with van der Waals surface area (Å²) in [5, 5.41) is 9.64. The minimum atomic E-state index is 0. The zero-order valence-electron chi connectivity index (χ0n) is 7.92. The molecule has 1 aromatic carbocycles. The van der Waals surface area contributed by atoms with Crippen LogP contribution in [0, 0.1) is 0 Å². The Morgan fingerprint density at radius 2 is 1.93 bits per heavy atom. The first-order valence-corrected chi connectivity index (χ1v) is 4.27. The average molecular weight is 223 g/mol. The van der Waals surface area contributed by atoms with Crippen molar-refractivity contribution in [2.24, 2.45) is 0 Å². The summed E-state index contributed by atoms with van der Waals surface area (Å²) in [4.78, 5) is 3.98. The molecule has 4 heteroatoms. The van der Waals surface area contributed by atoms with Gasteiger partial charge in [0.1, 0.15) is 5.75 Å². The van der Waals surface area contributed by atoms with E-state index in [2.05, 4.69) is 4.98 Å². The molecule has 2 aromatic rings. The third-order valence-corrected chi connectivity index (χ3v) is 2.02.